The molecule has 3 N–H and O–H groups in total. The Hall–Kier alpha value is -3.65. The van der Waals surface area contributed by atoms with Gasteiger partial charge in [-0.15, -0.1) is 0 Å². The zero-order chi connectivity index (χ0) is 24.7. The number of nitrogens with two attached hydrogens (primary N) is 1. The lowest BCUT2D eigenvalue weighted by Crippen LogP contribution is -2.42. The number of amides is 2. The molecule has 1 heterocycles. The van der Waals surface area contributed by atoms with Crippen LogP contribution in [-0.2, 0) is 17.9 Å². The minimum absolute atomic E-state index is 0.163. The van der Waals surface area contributed by atoms with E-state index in [1.165, 1.54) is 0 Å². The van der Waals surface area contributed by atoms with Gasteiger partial charge in [0.1, 0.15) is 17.9 Å². The van der Waals surface area contributed by atoms with Crippen molar-refractivity contribution >= 4 is 17.7 Å². The van der Waals surface area contributed by atoms with Crippen molar-refractivity contribution < 1.29 is 18.8 Å². The third kappa shape index (κ3) is 6.45. The van der Waals surface area contributed by atoms with E-state index >= 15 is 0 Å². The smallest absolute Gasteiger partial charge is 0.411 e. The van der Waals surface area contributed by atoms with Gasteiger partial charge in [-0.3, -0.25) is 10.1 Å². The van der Waals surface area contributed by atoms with Crippen LogP contribution < -0.4 is 11.1 Å². The van der Waals surface area contributed by atoms with E-state index in [1.807, 2.05) is 62.4 Å². The number of carbonyl (C=O) groups is 2. The molecule has 1 aromatic heterocycles. The van der Waals surface area contributed by atoms with Crippen LogP contribution in [0.3, 0.4) is 0 Å². The molecule has 0 atom stereocenters. The number of rotatable bonds is 9. The van der Waals surface area contributed by atoms with Gasteiger partial charge in [0.25, 0.3) is 5.91 Å². The predicted octanol–water partition coefficient (Wildman–Crippen LogP) is 4.67. The molecule has 2 amide bonds. The number of ether oxygens (including phenoxy) is 1. The Morgan fingerprint density at radius 3 is 2.41 bits per heavy atom. The number of hydrogen-bond acceptors (Lipinski definition) is 6. The molecule has 0 fully saturated rings. The number of benzene rings is 2. The molecule has 8 nitrogen and oxygen atoms in total. The molecule has 0 aliphatic heterocycles. The highest BCUT2D eigenvalue weighted by Crippen LogP contribution is 2.25. The van der Waals surface area contributed by atoms with Crippen molar-refractivity contribution in [2.45, 2.75) is 40.8 Å². The van der Waals surface area contributed by atoms with Crippen molar-refractivity contribution in [1.82, 2.24) is 10.1 Å². The Kier molecular flexibility index (Phi) is 8.07. The van der Waals surface area contributed by atoms with Crippen LogP contribution in [0.4, 0.5) is 10.5 Å². The Bertz CT molecular complexity index is 1110. The number of aryl methyl sites for hydroxylation is 2. The van der Waals surface area contributed by atoms with Gasteiger partial charge in [0, 0.05) is 18.8 Å². The number of hydrogen-bond donors (Lipinski definition) is 2. The number of anilines is 1. The molecule has 8 heteroatoms. The van der Waals surface area contributed by atoms with Gasteiger partial charge in [-0.05, 0) is 43.0 Å². The summed E-state index contributed by atoms with van der Waals surface area (Å²) >= 11 is 0. The Labute approximate surface area is 200 Å². The maximum absolute atomic E-state index is 13.5. The fraction of sp³-hybridized carbons (Fsp3) is 0.346. The van der Waals surface area contributed by atoms with Crippen LogP contribution >= 0.6 is 0 Å². The summed E-state index contributed by atoms with van der Waals surface area (Å²) in [6.45, 7) is 8.73. The average molecular weight is 465 g/mol. The first-order valence-corrected chi connectivity index (χ1v) is 11.2. The summed E-state index contributed by atoms with van der Waals surface area (Å²) < 4.78 is 10.6. The van der Waals surface area contributed by atoms with E-state index in [0.29, 0.717) is 35.8 Å². The molecule has 34 heavy (non-hydrogen) atoms. The van der Waals surface area contributed by atoms with Crippen molar-refractivity contribution in [1.29, 1.82) is 0 Å². The van der Waals surface area contributed by atoms with Crippen molar-refractivity contribution in [3.63, 3.8) is 0 Å². The van der Waals surface area contributed by atoms with E-state index in [9.17, 15) is 9.59 Å². The van der Waals surface area contributed by atoms with E-state index < -0.39 is 6.09 Å². The summed E-state index contributed by atoms with van der Waals surface area (Å²) in [6.07, 6.45) is -0.567. The highest BCUT2D eigenvalue weighted by molar-refractivity contribution is 5.96. The van der Waals surface area contributed by atoms with Gasteiger partial charge in [-0.2, -0.15) is 0 Å². The second-order valence-corrected chi connectivity index (χ2v) is 9.07. The normalized spacial score (nSPS) is 11.2. The second-order valence-electron chi connectivity index (χ2n) is 9.07. The number of nitrogens with one attached hydrogen (secondary N) is 1. The topological polar surface area (TPSA) is 111 Å². The van der Waals surface area contributed by atoms with Crippen molar-refractivity contribution in [2.24, 2.45) is 11.1 Å². The average Bonchev–Trinajstić information content (AvgIpc) is 3.16. The third-order valence-corrected chi connectivity index (χ3v) is 5.53. The van der Waals surface area contributed by atoms with E-state index in [0.717, 1.165) is 11.1 Å². The number of aromatic nitrogens is 1. The zero-order valence-corrected chi connectivity index (χ0v) is 20.1. The summed E-state index contributed by atoms with van der Waals surface area (Å²) in [6, 6.07) is 16.8. The lowest BCUT2D eigenvalue weighted by molar-refractivity contribution is 0.0671. The van der Waals surface area contributed by atoms with E-state index in [-0.39, 0.29) is 24.5 Å². The molecular weight excluding hydrogens is 432 g/mol. The van der Waals surface area contributed by atoms with Gasteiger partial charge in [-0.25, -0.2) is 4.79 Å². The molecule has 0 bridgehead atoms. The first kappa shape index (κ1) is 25.0. The highest BCUT2D eigenvalue weighted by atomic mass is 16.5. The first-order valence-electron chi connectivity index (χ1n) is 11.2. The number of para-hydroxylation sites is 1. The van der Waals surface area contributed by atoms with Crippen LogP contribution in [-0.4, -0.2) is 35.1 Å². The van der Waals surface area contributed by atoms with Crippen molar-refractivity contribution in [3.05, 3.63) is 82.7 Å². The lowest BCUT2D eigenvalue weighted by atomic mass is 9.92. The van der Waals surface area contributed by atoms with Crippen LogP contribution in [0.15, 0.2) is 59.1 Å². The molecule has 0 unspecified atom stereocenters. The van der Waals surface area contributed by atoms with Crippen LogP contribution in [0.25, 0.3) is 0 Å². The standard InChI is InChI=1S/C26H32N4O4/c1-18-23(19(2)34-29-18)24(31)30(17-26(3,4)16-27)14-21-12-8-9-13-22(21)28-25(32)33-15-20-10-6-5-7-11-20/h5-13H,14-17,27H2,1-4H3,(H,28,32). The molecular formula is C26H32N4O4. The fourth-order valence-electron chi connectivity index (χ4n) is 3.58. The Morgan fingerprint density at radius 1 is 1.09 bits per heavy atom. The molecule has 0 saturated carbocycles. The third-order valence-electron chi connectivity index (χ3n) is 5.53. The number of nitrogens with zero attached hydrogens (tertiary/aromatic N) is 2. The summed E-state index contributed by atoms with van der Waals surface area (Å²) in [5.74, 6) is 0.271. The minimum Gasteiger partial charge on any atom is -0.444 e. The monoisotopic (exact) mass is 464 g/mol. The van der Waals surface area contributed by atoms with Crippen LogP contribution in [0.1, 0.15) is 46.8 Å². The maximum atomic E-state index is 13.5. The quantitative estimate of drug-likeness (QED) is 0.476. The molecule has 3 rings (SSSR count). The predicted molar refractivity (Wildman–Crippen MR) is 130 cm³/mol. The summed E-state index contributed by atoms with van der Waals surface area (Å²) in [5.41, 5.74) is 8.87. The number of carbonyl (C=O) groups excluding carboxylic acids is 2. The fourth-order valence-corrected chi connectivity index (χ4v) is 3.58. The van der Waals surface area contributed by atoms with Crippen LogP contribution in [0.2, 0.25) is 0 Å². The highest BCUT2D eigenvalue weighted by Gasteiger charge is 2.29. The van der Waals surface area contributed by atoms with Gasteiger partial charge in [0.05, 0.1) is 5.69 Å². The zero-order valence-electron chi connectivity index (χ0n) is 20.1. The maximum Gasteiger partial charge on any atom is 0.411 e. The van der Waals surface area contributed by atoms with Gasteiger partial charge < -0.3 is 19.9 Å². The molecule has 0 aliphatic carbocycles. The molecule has 0 saturated heterocycles. The van der Waals surface area contributed by atoms with Gasteiger partial charge in [0.2, 0.25) is 0 Å². The summed E-state index contributed by atoms with van der Waals surface area (Å²) in [7, 11) is 0. The Balaban J connectivity index is 1.79. The molecule has 0 radical (unpaired) electrons. The minimum atomic E-state index is -0.567. The van der Waals surface area contributed by atoms with Crippen LogP contribution in [0, 0.1) is 19.3 Å². The molecule has 0 spiro atoms. The Morgan fingerprint density at radius 2 is 1.76 bits per heavy atom. The lowest BCUT2D eigenvalue weighted by Gasteiger charge is -2.32. The van der Waals surface area contributed by atoms with Gasteiger partial charge in [0.15, 0.2) is 0 Å². The van der Waals surface area contributed by atoms with Crippen LogP contribution in [0.5, 0.6) is 0 Å². The van der Waals surface area contributed by atoms with Gasteiger partial charge in [-0.1, -0.05) is 67.5 Å². The largest absolute Gasteiger partial charge is 0.444 e. The first-order chi connectivity index (χ1) is 16.2. The molecule has 180 valence electrons. The second kappa shape index (κ2) is 11.0. The molecule has 3 aromatic rings. The van der Waals surface area contributed by atoms with Crippen molar-refractivity contribution in [2.75, 3.05) is 18.4 Å². The van der Waals surface area contributed by atoms with E-state index in [1.54, 1.807) is 24.8 Å². The van der Waals surface area contributed by atoms with Crippen molar-refractivity contribution in [3.8, 4) is 0 Å². The summed E-state index contributed by atoms with van der Waals surface area (Å²) in [4.78, 5) is 27.7. The van der Waals surface area contributed by atoms with E-state index in [4.69, 9.17) is 15.0 Å². The molecule has 2 aromatic carbocycles. The van der Waals surface area contributed by atoms with E-state index in [2.05, 4.69) is 10.5 Å². The SMILES string of the molecule is Cc1noc(C)c1C(=O)N(Cc1ccccc1NC(=O)OCc1ccccc1)CC(C)(C)CN. The van der Waals surface area contributed by atoms with Gasteiger partial charge >= 0.3 is 6.09 Å². The summed E-state index contributed by atoms with van der Waals surface area (Å²) in [5, 5.41) is 6.73. The molecule has 0 aliphatic rings.